The Kier molecular flexibility index (Phi) is 4.85. The summed E-state index contributed by atoms with van der Waals surface area (Å²) in [7, 11) is 0. The third-order valence-electron chi connectivity index (χ3n) is 5.23. The van der Waals surface area contributed by atoms with Gasteiger partial charge in [-0.15, -0.1) is 0 Å². The lowest BCUT2D eigenvalue weighted by molar-refractivity contribution is -0.121. The van der Waals surface area contributed by atoms with Gasteiger partial charge in [-0.25, -0.2) is 0 Å². The predicted molar refractivity (Wildman–Crippen MR) is 90.5 cm³/mol. The number of carbonyl (C=O) groups is 1. The van der Waals surface area contributed by atoms with Crippen LogP contribution in [0, 0.1) is 5.92 Å². The second kappa shape index (κ2) is 7.23. The van der Waals surface area contributed by atoms with Gasteiger partial charge in [0, 0.05) is 51.7 Å². The molecule has 0 spiro atoms. The van der Waals surface area contributed by atoms with Crippen LogP contribution in [0.5, 0.6) is 0 Å². The molecule has 1 saturated carbocycles. The lowest BCUT2D eigenvalue weighted by Crippen LogP contribution is -2.29. The predicted octanol–water partition coefficient (Wildman–Crippen LogP) is 1.34. The summed E-state index contributed by atoms with van der Waals surface area (Å²) in [5.74, 6) is 0.855. The summed E-state index contributed by atoms with van der Waals surface area (Å²) in [5, 5.41) is 7.78. The quantitative estimate of drug-likeness (QED) is 0.854. The van der Waals surface area contributed by atoms with Crippen molar-refractivity contribution in [1.29, 1.82) is 0 Å². The van der Waals surface area contributed by atoms with E-state index in [4.69, 9.17) is 9.84 Å². The smallest absolute Gasteiger partial charge is 0.220 e. The van der Waals surface area contributed by atoms with E-state index in [1.165, 1.54) is 12.1 Å². The van der Waals surface area contributed by atoms with Crippen molar-refractivity contribution < 1.29 is 9.53 Å². The van der Waals surface area contributed by atoms with E-state index in [2.05, 4.69) is 21.0 Å². The Bertz CT molecular complexity index is 576. The van der Waals surface area contributed by atoms with Crippen LogP contribution in [0.15, 0.2) is 6.07 Å². The molecule has 2 aliphatic heterocycles. The number of nitrogens with zero attached hydrogens (tertiary/aromatic N) is 3. The lowest BCUT2D eigenvalue weighted by Gasteiger charge is -2.22. The van der Waals surface area contributed by atoms with Gasteiger partial charge in [0.05, 0.1) is 18.0 Å². The fraction of sp³-hybridized carbons (Fsp3) is 0.778. The van der Waals surface area contributed by atoms with Gasteiger partial charge in [-0.2, -0.15) is 5.10 Å². The maximum Gasteiger partial charge on any atom is 0.220 e. The number of carbonyl (C=O) groups excluding carboxylic acids is 1. The van der Waals surface area contributed by atoms with Crippen LogP contribution in [0.2, 0.25) is 0 Å². The van der Waals surface area contributed by atoms with E-state index in [1.807, 2.05) is 0 Å². The number of nitrogens with one attached hydrogen (secondary N) is 1. The molecule has 1 amide bonds. The lowest BCUT2D eigenvalue weighted by atomic mass is 10.1. The normalized spacial score (nSPS) is 24.6. The van der Waals surface area contributed by atoms with Crippen molar-refractivity contribution in [3.05, 3.63) is 17.5 Å². The minimum Gasteiger partial charge on any atom is -0.381 e. The Morgan fingerprint density at radius 3 is 3.04 bits per heavy atom. The zero-order valence-electron chi connectivity index (χ0n) is 14.4. The van der Waals surface area contributed by atoms with Gasteiger partial charge in [0.2, 0.25) is 5.91 Å². The average molecular weight is 332 g/mol. The molecule has 3 heterocycles. The molecule has 3 aliphatic rings. The van der Waals surface area contributed by atoms with Crippen LogP contribution in [0.4, 0.5) is 0 Å². The van der Waals surface area contributed by atoms with Crippen LogP contribution >= 0.6 is 0 Å². The van der Waals surface area contributed by atoms with Crippen molar-refractivity contribution in [3.8, 4) is 0 Å². The summed E-state index contributed by atoms with van der Waals surface area (Å²) < 4.78 is 7.66. The van der Waals surface area contributed by atoms with E-state index >= 15 is 0 Å². The van der Waals surface area contributed by atoms with Crippen molar-refractivity contribution >= 4 is 5.91 Å². The second-order valence-electron chi connectivity index (χ2n) is 7.51. The standard InChI is InChI=1S/C18H28N4O2/c23-18(19-15-2-3-15)5-4-16-10-17-12-21(7-1-8-22(17)20-16)11-14-6-9-24-13-14/h10,14-15H,1-9,11-13H2,(H,19,23)/t14-/m1/s1. The third kappa shape index (κ3) is 4.16. The Balaban J connectivity index is 1.32. The van der Waals surface area contributed by atoms with E-state index < -0.39 is 0 Å². The molecule has 6 nitrogen and oxygen atoms in total. The number of ether oxygens (including phenoxy) is 1. The first-order valence-electron chi connectivity index (χ1n) is 9.41. The Labute approximate surface area is 143 Å². The first kappa shape index (κ1) is 16.1. The zero-order valence-corrected chi connectivity index (χ0v) is 14.4. The summed E-state index contributed by atoms with van der Waals surface area (Å²) in [6, 6.07) is 2.65. The van der Waals surface area contributed by atoms with Crippen molar-refractivity contribution in [1.82, 2.24) is 20.0 Å². The van der Waals surface area contributed by atoms with Gasteiger partial charge in [0.25, 0.3) is 0 Å². The summed E-state index contributed by atoms with van der Waals surface area (Å²) in [5.41, 5.74) is 2.35. The highest BCUT2D eigenvalue weighted by Gasteiger charge is 2.24. The van der Waals surface area contributed by atoms with Crippen molar-refractivity contribution in [2.24, 2.45) is 5.92 Å². The van der Waals surface area contributed by atoms with Gasteiger partial charge in [-0.3, -0.25) is 14.4 Å². The average Bonchev–Trinajstić information content (AvgIpc) is 3.13. The molecular formula is C18H28N4O2. The summed E-state index contributed by atoms with van der Waals surface area (Å²) >= 11 is 0. The van der Waals surface area contributed by atoms with Crippen molar-refractivity contribution in [2.75, 3.05) is 26.3 Å². The Hall–Kier alpha value is -1.40. The summed E-state index contributed by atoms with van der Waals surface area (Å²) in [6.45, 7) is 6.06. The maximum absolute atomic E-state index is 11.8. The van der Waals surface area contributed by atoms with Crippen LogP contribution in [0.25, 0.3) is 0 Å². The van der Waals surface area contributed by atoms with Crippen molar-refractivity contribution in [2.45, 2.75) is 57.7 Å². The van der Waals surface area contributed by atoms with Crippen molar-refractivity contribution in [3.63, 3.8) is 0 Å². The van der Waals surface area contributed by atoms with E-state index in [0.717, 1.165) is 70.8 Å². The van der Waals surface area contributed by atoms with E-state index in [-0.39, 0.29) is 5.91 Å². The van der Waals surface area contributed by atoms with Gasteiger partial charge >= 0.3 is 0 Å². The fourth-order valence-electron chi connectivity index (χ4n) is 3.73. The van der Waals surface area contributed by atoms with Crippen LogP contribution in [0.1, 0.15) is 43.5 Å². The van der Waals surface area contributed by atoms with E-state index in [1.54, 1.807) is 0 Å². The van der Waals surface area contributed by atoms with Gasteiger partial charge in [0.15, 0.2) is 0 Å². The van der Waals surface area contributed by atoms with Gasteiger partial charge in [-0.1, -0.05) is 0 Å². The van der Waals surface area contributed by atoms with Gasteiger partial charge < -0.3 is 10.1 Å². The third-order valence-corrected chi connectivity index (χ3v) is 5.23. The molecule has 4 rings (SSSR count). The highest BCUT2D eigenvalue weighted by atomic mass is 16.5. The van der Waals surface area contributed by atoms with Crippen LogP contribution in [-0.4, -0.2) is 52.9 Å². The number of hydrogen-bond acceptors (Lipinski definition) is 4. The second-order valence-corrected chi connectivity index (χ2v) is 7.51. The molecule has 1 saturated heterocycles. The molecule has 2 fully saturated rings. The molecule has 1 aromatic heterocycles. The minimum atomic E-state index is 0.170. The molecule has 0 radical (unpaired) electrons. The maximum atomic E-state index is 11.8. The first-order chi connectivity index (χ1) is 11.8. The highest BCUT2D eigenvalue weighted by molar-refractivity contribution is 5.76. The summed E-state index contributed by atoms with van der Waals surface area (Å²) in [6.07, 6.45) is 5.92. The fourth-order valence-corrected chi connectivity index (χ4v) is 3.73. The largest absolute Gasteiger partial charge is 0.381 e. The SMILES string of the molecule is O=C(CCc1cc2n(n1)CCCN(C[C@H]1CCOC1)C2)NC1CC1. The number of aryl methyl sites for hydroxylation is 2. The van der Waals surface area contributed by atoms with Gasteiger partial charge in [0.1, 0.15) is 0 Å². The topological polar surface area (TPSA) is 59.4 Å². The van der Waals surface area contributed by atoms with Crippen LogP contribution < -0.4 is 5.32 Å². The monoisotopic (exact) mass is 332 g/mol. The Morgan fingerprint density at radius 2 is 2.25 bits per heavy atom. The van der Waals surface area contributed by atoms with E-state index in [9.17, 15) is 4.79 Å². The van der Waals surface area contributed by atoms with Crippen LogP contribution in [-0.2, 0) is 29.0 Å². The number of fused-ring (bicyclic) bond motifs is 1. The van der Waals surface area contributed by atoms with Crippen LogP contribution in [0.3, 0.4) is 0 Å². The molecule has 6 heteroatoms. The number of amides is 1. The molecule has 24 heavy (non-hydrogen) atoms. The molecule has 1 N–H and O–H groups in total. The minimum absolute atomic E-state index is 0.170. The highest BCUT2D eigenvalue weighted by Crippen LogP contribution is 2.20. The molecule has 1 atom stereocenters. The Morgan fingerprint density at radius 1 is 1.33 bits per heavy atom. The molecule has 0 unspecified atom stereocenters. The molecule has 0 aromatic carbocycles. The number of aromatic nitrogens is 2. The summed E-state index contributed by atoms with van der Waals surface area (Å²) in [4.78, 5) is 14.4. The molecule has 1 aliphatic carbocycles. The zero-order chi connectivity index (χ0) is 16.4. The molecular weight excluding hydrogens is 304 g/mol. The molecule has 132 valence electrons. The number of hydrogen-bond donors (Lipinski definition) is 1. The molecule has 1 aromatic rings. The number of rotatable bonds is 6. The van der Waals surface area contributed by atoms with Gasteiger partial charge in [-0.05, 0) is 37.7 Å². The van der Waals surface area contributed by atoms with E-state index in [0.29, 0.717) is 18.4 Å². The first-order valence-corrected chi connectivity index (χ1v) is 9.41. The molecule has 0 bridgehead atoms.